The highest BCUT2D eigenvalue weighted by Gasteiger charge is 2.20. The van der Waals surface area contributed by atoms with Crippen LogP contribution in [0, 0.1) is 5.82 Å². The Kier molecular flexibility index (Phi) is 5.15. The molecule has 1 aromatic carbocycles. The highest BCUT2D eigenvalue weighted by Crippen LogP contribution is 2.26. The maximum absolute atomic E-state index is 13.6. The Morgan fingerprint density at radius 3 is 2.44 bits per heavy atom. The highest BCUT2D eigenvalue weighted by atomic mass is 79.9. The molecule has 0 spiro atoms. The third kappa shape index (κ3) is 3.31. The van der Waals surface area contributed by atoms with Crippen LogP contribution in [-0.2, 0) is 0 Å². The van der Waals surface area contributed by atoms with Gasteiger partial charge in [-0.05, 0) is 59.6 Å². The number of nitrogens with zero attached hydrogens (tertiary/aromatic N) is 1. The van der Waals surface area contributed by atoms with Crippen LogP contribution in [0.1, 0.15) is 37.3 Å². The van der Waals surface area contributed by atoms with Gasteiger partial charge in [0.1, 0.15) is 5.82 Å². The number of nitrogens with two attached hydrogens (primary N) is 1. The van der Waals surface area contributed by atoms with Crippen LogP contribution in [0.15, 0.2) is 22.7 Å². The fraction of sp³-hybridized carbons (Fsp3) is 0.571. The predicted octanol–water partition coefficient (Wildman–Crippen LogP) is 3.46. The molecule has 0 aliphatic carbocycles. The third-order valence-electron chi connectivity index (χ3n) is 3.63. The van der Waals surface area contributed by atoms with Gasteiger partial charge in [0.15, 0.2) is 0 Å². The van der Waals surface area contributed by atoms with Gasteiger partial charge in [-0.2, -0.15) is 0 Å². The Morgan fingerprint density at radius 1 is 1.22 bits per heavy atom. The molecule has 0 aromatic heterocycles. The molecule has 1 aliphatic rings. The van der Waals surface area contributed by atoms with Crippen LogP contribution < -0.4 is 5.73 Å². The SMILES string of the molecule is NCC(c1ccc(Br)c(F)c1)N1CCCCCC1. The van der Waals surface area contributed by atoms with Crippen molar-refractivity contribution in [2.45, 2.75) is 31.7 Å². The van der Waals surface area contributed by atoms with Crippen molar-refractivity contribution in [3.05, 3.63) is 34.1 Å². The maximum atomic E-state index is 13.6. The number of halogens is 2. The lowest BCUT2D eigenvalue weighted by molar-refractivity contribution is 0.209. The van der Waals surface area contributed by atoms with Gasteiger partial charge in [-0.15, -0.1) is 0 Å². The lowest BCUT2D eigenvalue weighted by Crippen LogP contribution is -2.34. The summed E-state index contributed by atoms with van der Waals surface area (Å²) >= 11 is 3.19. The van der Waals surface area contributed by atoms with Gasteiger partial charge in [-0.1, -0.05) is 18.9 Å². The summed E-state index contributed by atoms with van der Waals surface area (Å²) in [6.07, 6.45) is 5.02. The summed E-state index contributed by atoms with van der Waals surface area (Å²) in [5.41, 5.74) is 6.89. The van der Waals surface area contributed by atoms with E-state index in [1.54, 1.807) is 12.1 Å². The van der Waals surface area contributed by atoms with Gasteiger partial charge in [0.25, 0.3) is 0 Å². The molecule has 2 nitrogen and oxygen atoms in total. The number of likely N-dealkylation sites (tertiary alicyclic amines) is 1. The van der Waals surface area contributed by atoms with Gasteiger partial charge in [-0.3, -0.25) is 4.90 Å². The van der Waals surface area contributed by atoms with Crippen molar-refractivity contribution in [3.8, 4) is 0 Å². The number of hydrogen-bond acceptors (Lipinski definition) is 2. The minimum absolute atomic E-state index is 0.144. The molecule has 0 amide bonds. The Hall–Kier alpha value is -0.450. The first-order valence-corrected chi connectivity index (χ1v) is 7.40. The van der Waals surface area contributed by atoms with Crippen LogP contribution in [0.4, 0.5) is 4.39 Å². The van der Waals surface area contributed by atoms with E-state index in [0.29, 0.717) is 11.0 Å². The van der Waals surface area contributed by atoms with E-state index < -0.39 is 0 Å². The second kappa shape index (κ2) is 6.64. The second-order valence-corrected chi connectivity index (χ2v) is 5.73. The molecule has 0 bridgehead atoms. The second-order valence-electron chi connectivity index (χ2n) is 4.88. The van der Waals surface area contributed by atoms with Crippen LogP contribution in [-0.4, -0.2) is 24.5 Å². The van der Waals surface area contributed by atoms with E-state index in [9.17, 15) is 4.39 Å². The first-order valence-electron chi connectivity index (χ1n) is 6.61. The molecule has 1 aromatic rings. The Bertz CT molecular complexity index is 389. The Labute approximate surface area is 116 Å². The summed E-state index contributed by atoms with van der Waals surface area (Å²) in [4.78, 5) is 2.40. The number of hydrogen-bond donors (Lipinski definition) is 1. The molecular weight excluding hydrogens is 295 g/mol. The molecule has 1 heterocycles. The van der Waals surface area contributed by atoms with E-state index in [1.165, 1.54) is 25.7 Å². The quantitative estimate of drug-likeness (QED) is 0.925. The summed E-state index contributed by atoms with van der Waals surface area (Å²) in [6, 6.07) is 5.48. The molecule has 0 radical (unpaired) electrons. The fourth-order valence-electron chi connectivity index (χ4n) is 2.62. The van der Waals surface area contributed by atoms with Crippen LogP contribution in [0.2, 0.25) is 0 Å². The van der Waals surface area contributed by atoms with E-state index in [0.717, 1.165) is 18.7 Å². The van der Waals surface area contributed by atoms with Crippen molar-refractivity contribution in [3.63, 3.8) is 0 Å². The van der Waals surface area contributed by atoms with E-state index in [1.807, 2.05) is 6.07 Å². The lowest BCUT2D eigenvalue weighted by atomic mass is 10.0. The lowest BCUT2D eigenvalue weighted by Gasteiger charge is -2.30. The summed E-state index contributed by atoms with van der Waals surface area (Å²) < 4.78 is 14.1. The Morgan fingerprint density at radius 2 is 1.89 bits per heavy atom. The summed E-state index contributed by atoms with van der Waals surface area (Å²) in [6.45, 7) is 2.68. The summed E-state index contributed by atoms with van der Waals surface area (Å²) in [7, 11) is 0. The zero-order valence-corrected chi connectivity index (χ0v) is 12.1. The van der Waals surface area contributed by atoms with Gasteiger partial charge in [0.05, 0.1) is 4.47 Å². The Balaban J connectivity index is 2.17. The average Bonchev–Trinajstić information content (AvgIpc) is 2.64. The molecule has 1 atom stereocenters. The standard InChI is InChI=1S/C14H20BrFN2/c15-12-6-5-11(9-13(12)16)14(10-17)18-7-3-1-2-4-8-18/h5-6,9,14H,1-4,7-8,10,17H2. The molecule has 1 fully saturated rings. The molecule has 4 heteroatoms. The van der Waals surface area contributed by atoms with Crippen molar-refractivity contribution in [2.24, 2.45) is 5.73 Å². The molecular formula is C14H20BrFN2. The molecule has 1 unspecified atom stereocenters. The van der Waals surface area contributed by atoms with Crippen LogP contribution in [0.25, 0.3) is 0 Å². The minimum atomic E-state index is -0.208. The number of rotatable bonds is 3. The van der Waals surface area contributed by atoms with Crippen molar-refractivity contribution in [1.82, 2.24) is 4.90 Å². The molecule has 2 N–H and O–H groups in total. The molecule has 1 aliphatic heterocycles. The predicted molar refractivity (Wildman–Crippen MR) is 75.9 cm³/mol. The van der Waals surface area contributed by atoms with Crippen LogP contribution >= 0.6 is 15.9 Å². The normalized spacial score (nSPS) is 19.5. The summed E-state index contributed by atoms with van der Waals surface area (Å²) in [5.74, 6) is -0.208. The van der Waals surface area contributed by atoms with E-state index in [4.69, 9.17) is 5.73 Å². The fourth-order valence-corrected chi connectivity index (χ4v) is 2.87. The highest BCUT2D eigenvalue weighted by molar-refractivity contribution is 9.10. The van der Waals surface area contributed by atoms with Gasteiger partial charge in [0.2, 0.25) is 0 Å². The van der Waals surface area contributed by atoms with Crippen LogP contribution in [0.3, 0.4) is 0 Å². The van der Waals surface area contributed by atoms with E-state index >= 15 is 0 Å². The van der Waals surface area contributed by atoms with Gasteiger partial charge in [0, 0.05) is 12.6 Å². The van der Waals surface area contributed by atoms with Crippen molar-refractivity contribution >= 4 is 15.9 Å². The third-order valence-corrected chi connectivity index (χ3v) is 4.28. The molecule has 1 saturated heterocycles. The van der Waals surface area contributed by atoms with Crippen molar-refractivity contribution in [1.29, 1.82) is 0 Å². The first kappa shape index (κ1) is 14.0. The van der Waals surface area contributed by atoms with Crippen molar-refractivity contribution < 1.29 is 4.39 Å². The molecule has 2 rings (SSSR count). The summed E-state index contributed by atoms with van der Waals surface area (Å²) in [5, 5.41) is 0. The first-order chi connectivity index (χ1) is 8.72. The van der Waals surface area contributed by atoms with E-state index in [-0.39, 0.29) is 11.9 Å². The molecule has 100 valence electrons. The molecule has 0 saturated carbocycles. The zero-order valence-electron chi connectivity index (χ0n) is 10.5. The topological polar surface area (TPSA) is 29.3 Å². The van der Waals surface area contributed by atoms with Gasteiger partial charge < -0.3 is 5.73 Å². The van der Waals surface area contributed by atoms with Gasteiger partial charge >= 0.3 is 0 Å². The molecule has 18 heavy (non-hydrogen) atoms. The maximum Gasteiger partial charge on any atom is 0.137 e. The zero-order chi connectivity index (χ0) is 13.0. The largest absolute Gasteiger partial charge is 0.329 e. The van der Waals surface area contributed by atoms with Crippen molar-refractivity contribution in [2.75, 3.05) is 19.6 Å². The number of benzene rings is 1. The average molecular weight is 315 g/mol. The van der Waals surface area contributed by atoms with Crippen LogP contribution in [0.5, 0.6) is 0 Å². The van der Waals surface area contributed by atoms with Gasteiger partial charge in [-0.25, -0.2) is 4.39 Å². The smallest absolute Gasteiger partial charge is 0.137 e. The van der Waals surface area contributed by atoms with E-state index in [2.05, 4.69) is 20.8 Å². The minimum Gasteiger partial charge on any atom is -0.329 e. The monoisotopic (exact) mass is 314 g/mol.